The summed E-state index contributed by atoms with van der Waals surface area (Å²) in [6.45, 7) is 1.52. The molecule has 0 bridgehead atoms. The van der Waals surface area contributed by atoms with Gasteiger partial charge in [-0.05, 0) is 26.2 Å². The normalized spacial score (nSPS) is 10.6. The lowest BCUT2D eigenvalue weighted by Gasteiger charge is -2.11. The molecule has 0 aliphatic rings. The Bertz CT molecular complexity index is 302. The second-order valence-corrected chi connectivity index (χ2v) is 4.04. The third-order valence-electron chi connectivity index (χ3n) is 1.70. The lowest BCUT2D eigenvalue weighted by molar-refractivity contribution is 0.261. The predicted octanol–water partition coefficient (Wildman–Crippen LogP) is 2.93. The summed E-state index contributed by atoms with van der Waals surface area (Å²) in [5.74, 6) is 0.751. The van der Waals surface area contributed by atoms with Crippen molar-refractivity contribution < 1.29 is 4.74 Å². The first kappa shape index (κ1) is 11.6. The van der Waals surface area contributed by atoms with Gasteiger partial charge in [0.2, 0.25) is 0 Å². The Labute approximate surface area is 94.4 Å². The first-order valence-corrected chi connectivity index (χ1v) is 5.08. The van der Waals surface area contributed by atoms with E-state index in [1.807, 2.05) is 20.2 Å². The fourth-order valence-corrected chi connectivity index (χ4v) is 1.20. The fraction of sp³-hybridized carbons (Fsp3) is 0.400. The molecule has 1 aromatic rings. The summed E-state index contributed by atoms with van der Waals surface area (Å²) in [5, 5.41) is 1.07. The zero-order valence-corrected chi connectivity index (χ0v) is 9.77. The van der Waals surface area contributed by atoms with E-state index in [-0.39, 0.29) is 0 Å². The first-order valence-electron chi connectivity index (χ1n) is 4.32. The van der Waals surface area contributed by atoms with Gasteiger partial charge in [-0.25, -0.2) is 0 Å². The van der Waals surface area contributed by atoms with E-state index in [2.05, 4.69) is 4.90 Å². The van der Waals surface area contributed by atoms with Gasteiger partial charge in [0.15, 0.2) is 0 Å². The maximum absolute atomic E-state index is 5.83. The van der Waals surface area contributed by atoms with Gasteiger partial charge in [-0.2, -0.15) is 0 Å². The molecule has 0 heterocycles. The van der Waals surface area contributed by atoms with Crippen molar-refractivity contribution in [3.63, 3.8) is 0 Å². The first-order chi connectivity index (χ1) is 6.59. The van der Waals surface area contributed by atoms with Crippen molar-refractivity contribution in [2.24, 2.45) is 0 Å². The number of nitrogens with zero attached hydrogens (tertiary/aromatic N) is 1. The molecule has 0 saturated heterocycles. The van der Waals surface area contributed by atoms with Crippen LogP contribution in [0.5, 0.6) is 5.75 Å². The van der Waals surface area contributed by atoms with Crippen molar-refractivity contribution in [3.05, 3.63) is 28.2 Å². The predicted molar refractivity (Wildman–Crippen MR) is 60.5 cm³/mol. The van der Waals surface area contributed by atoms with Gasteiger partial charge >= 0.3 is 0 Å². The summed E-state index contributed by atoms with van der Waals surface area (Å²) >= 11 is 11.6. The molecule has 1 aromatic carbocycles. The zero-order valence-electron chi connectivity index (χ0n) is 8.26. The lowest BCUT2D eigenvalue weighted by Crippen LogP contribution is -2.19. The molecular formula is C10H13Cl2NO. The fourth-order valence-electron chi connectivity index (χ4n) is 0.913. The van der Waals surface area contributed by atoms with Crippen LogP contribution in [-0.2, 0) is 0 Å². The van der Waals surface area contributed by atoms with E-state index in [1.165, 1.54) is 0 Å². The molecule has 0 fully saturated rings. The van der Waals surface area contributed by atoms with E-state index in [1.54, 1.807) is 12.1 Å². The third-order valence-corrected chi connectivity index (χ3v) is 2.44. The summed E-state index contributed by atoms with van der Waals surface area (Å²) in [4.78, 5) is 2.05. The smallest absolute Gasteiger partial charge is 0.120 e. The van der Waals surface area contributed by atoms with Gasteiger partial charge in [0.25, 0.3) is 0 Å². The second-order valence-electron chi connectivity index (χ2n) is 3.23. The molecule has 0 amide bonds. The quantitative estimate of drug-likeness (QED) is 0.794. The highest BCUT2D eigenvalue weighted by molar-refractivity contribution is 6.42. The third kappa shape index (κ3) is 3.74. The number of benzene rings is 1. The number of likely N-dealkylation sites (N-methyl/N-ethyl adjacent to an activating group) is 1. The second kappa shape index (κ2) is 5.44. The van der Waals surface area contributed by atoms with Gasteiger partial charge in [0.05, 0.1) is 10.0 Å². The molecule has 0 radical (unpaired) electrons. The molecule has 0 aliphatic carbocycles. The Morgan fingerprint density at radius 1 is 1.21 bits per heavy atom. The molecule has 0 spiro atoms. The standard InChI is InChI=1S/C10H13Cl2NO/c1-13(2)5-6-14-8-3-4-9(11)10(12)7-8/h3-4,7H,5-6H2,1-2H3. The minimum absolute atomic E-state index is 0.522. The Morgan fingerprint density at radius 2 is 1.93 bits per heavy atom. The van der Waals surface area contributed by atoms with E-state index in [0.717, 1.165) is 12.3 Å². The van der Waals surface area contributed by atoms with Crippen LogP contribution in [0.4, 0.5) is 0 Å². The largest absolute Gasteiger partial charge is 0.492 e. The molecule has 0 saturated carbocycles. The highest BCUT2D eigenvalue weighted by Crippen LogP contribution is 2.26. The average molecular weight is 234 g/mol. The van der Waals surface area contributed by atoms with Gasteiger partial charge < -0.3 is 9.64 Å². The molecule has 0 aliphatic heterocycles. The summed E-state index contributed by atoms with van der Waals surface area (Å²) < 4.78 is 5.47. The highest BCUT2D eigenvalue weighted by Gasteiger charge is 2.00. The molecular weight excluding hydrogens is 221 g/mol. The van der Waals surface area contributed by atoms with E-state index in [0.29, 0.717) is 16.7 Å². The van der Waals surface area contributed by atoms with Crippen molar-refractivity contribution in [1.29, 1.82) is 0 Å². The Morgan fingerprint density at radius 3 is 2.50 bits per heavy atom. The Balaban J connectivity index is 2.47. The number of halogens is 2. The molecule has 14 heavy (non-hydrogen) atoms. The number of hydrogen-bond donors (Lipinski definition) is 0. The van der Waals surface area contributed by atoms with Crippen molar-refractivity contribution in [3.8, 4) is 5.75 Å². The van der Waals surface area contributed by atoms with Crippen LogP contribution in [0.15, 0.2) is 18.2 Å². The Kier molecular flexibility index (Phi) is 4.52. The van der Waals surface area contributed by atoms with Crippen LogP contribution >= 0.6 is 23.2 Å². The molecule has 78 valence electrons. The van der Waals surface area contributed by atoms with Crippen LogP contribution in [0.1, 0.15) is 0 Å². The van der Waals surface area contributed by atoms with Crippen LogP contribution in [0.25, 0.3) is 0 Å². The van der Waals surface area contributed by atoms with Crippen LogP contribution in [-0.4, -0.2) is 32.1 Å². The SMILES string of the molecule is CN(C)CCOc1ccc(Cl)c(Cl)c1. The van der Waals surface area contributed by atoms with Crippen LogP contribution in [0.2, 0.25) is 10.0 Å². The maximum atomic E-state index is 5.83. The molecule has 0 aromatic heterocycles. The monoisotopic (exact) mass is 233 g/mol. The minimum atomic E-state index is 0.522. The number of rotatable bonds is 4. The van der Waals surface area contributed by atoms with Gasteiger partial charge in [0.1, 0.15) is 12.4 Å². The molecule has 2 nitrogen and oxygen atoms in total. The molecule has 0 atom stereocenters. The summed E-state index contributed by atoms with van der Waals surface area (Å²) in [6, 6.07) is 5.26. The van der Waals surface area contributed by atoms with Crippen molar-refractivity contribution >= 4 is 23.2 Å². The van der Waals surface area contributed by atoms with Crippen LogP contribution < -0.4 is 4.74 Å². The molecule has 0 N–H and O–H groups in total. The highest BCUT2D eigenvalue weighted by atomic mass is 35.5. The van der Waals surface area contributed by atoms with E-state index >= 15 is 0 Å². The van der Waals surface area contributed by atoms with Gasteiger partial charge in [-0.1, -0.05) is 23.2 Å². The topological polar surface area (TPSA) is 12.5 Å². The van der Waals surface area contributed by atoms with E-state index < -0.39 is 0 Å². The summed E-state index contributed by atoms with van der Waals surface area (Å²) in [6.07, 6.45) is 0. The minimum Gasteiger partial charge on any atom is -0.492 e. The molecule has 1 rings (SSSR count). The van der Waals surface area contributed by atoms with E-state index in [4.69, 9.17) is 27.9 Å². The molecule has 4 heteroatoms. The van der Waals surface area contributed by atoms with Crippen molar-refractivity contribution in [2.45, 2.75) is 0 Å². The van der Waals surface area contributed by atoms with Gasteiger partial charge in [0, 0.05) is 12.6 Å². The summed E-state index contributed by atoms with van der Waals surface area (Å²) in [7, 11) is 4.00. The van der Waals surface area contributed by atoms with Crippen molar-refractivity contribution in [1.82, 2.24) is 4.90 Å². The zero-order chi connectivity index (χ0) is 10.6. The number of hydrogen-bond acceptors (Lipinski definition) is 2. The number of ether oxygens (including phenoxy) is 1. The van der Waals surface area contributed by atoms with E-state index in [9.17, 15) is 0 Å². The Hall–Kier alpha value is -0.440. The van der Waals surface area contributed by atoms with Crippen LogP contribution in [0.3, 0.4) is 0 Å². The summed E-state index contributed by atoms with van der Waals surface area (Å²) in [5.41, 5.74) is 0. The maximum Gasteiger partial charge on any atom is 0.120 e. The van der Waals surface area contributed by atoms with Gasteiger partial charge in [-0.3, -0.25) is 0 Å². The van der Waals surface area contributed by atoms with Crippen LogP contribution in [0, 0.1) is 0 Å². The average Bonchev–Trinajstić information content (AvgIpc) is 2.10. The lowest BCUT2D eigenvalue weighted by atomic mass is 10.3. The molecule has 0 unspecified atom stereocenters. The van der Waals surface area contributed by atoms with Gasteiger partial charge in [-0.15, -0.1) is 0 Å². The van der Waals surface area contributed by atoms with Crippen molar-refractivity contribution in [2.75, 3.05) is 27.2 Å².